The first-order valence-electron chi connectivity index (χ1n) is 11.0. The van der Waals surface area contributed by atoms with Gasteiger partial charge in [0.15, 0.2) is 0 Å². The first kappa shape index (κ1) is 25.4. The topological polar surface area (TPSA) is 149 Å². The number of amidine groups is 1. The van der Waals surface area contributed by atoms with Gasteiger partial charge in [0, 0.05) is 11.3 Å². The van der Waals surface area contributed by atoms with Crippen LogP contribution in [0.1, 0.15) is 26.3 Å². The summed E-state index contributed by atoms with van der Waals surface area (Å²) < 4.78 is 33.4. The highest BCUT2D eigenvalue weighted by molar-refractivity contribution is 7.86. The second-order valence-corrected chi connectivity index (χ2v) is 9.75. The molecule has 0 fully saturated rings. The van der Waals surface area contributed by atoms with Gasteiger partial charge < -0.3 is 20.0 Å². The summed E-state index contributed by atoms with van der Waals surface area (Å²) in [6.07, 6.45) is 0.787. The van der Waals surface area contributed by atoms with Crippen LogP contribution in [0.5, 0.6) is 5.75 Å². The van der Waals surface area contributed by atoms with Crippen molar-refractivity contribution in [3.8, 4) is 16.9 Å². The molecule has 4 rings (SSSR count). The Labute approximate surface area is 213 Å². The second kappa shape index (κ2) is 10.1. The molecular weight excluding hydrogens is 494 g/mol. The molecule has 10 heteroatoms. The molecule has 0 spiro atoms. The number of ether oxygens (including phenoxy) is 1. The summed E-state index contributed by atoms with van der Waals surface area (Å²) >= 11 is 0. The smallest absolute Gasteiger partial charge is 0.354 e. The lowest BCUT2D eigenvalue weighted by molar-refractivity contribution is 0.0749. The first-order valence-corrected chi connectivity index (χ1v) is 12.8. The number of carbonyl (C=O) groups is 2. The van der Waals surface area contributed by atoms with Crippen LogP contribution in [0, 0.1) is 5.41 Å². The highest BCUT2D eigenvalue weighted by atomic mass is 32.2. The quantitative estimate of drug-likeness (QED) is 0.189. The van der Waals surface area contributed by atoms with Gasteiger partial charge >= 0.3 is 16.1 Å². The molecule has 0 unspecified atom stereocenters. The van der Waals surface area contributed by atoms with Crippen molar-refractivity contribution in [3.05, 3.63) is 95.6 Å². The minimum atomic E-state index is -4.08. The zero-order valence-electron chi connectivity index (χ0n) is 19.9. The predicted molar refractivity (Wildman–Crippen MR) is 142 cm³/mol. The number of rotatable bonds is 7. The largest absolute Gasteiger partial charge is 0.497 e. The van der Waals surface area contributed by atoms with Crippen LogP contribution in [0.2, 0.25) is 0 Å². The fraction of sp³-hybridized carbons (Fsp3) is 0.0741. The molecule has 0 aromatic heterocycles. The van der Waals surface area contributed by atoms with Gasteiger partial charge in [-0.3, -0.25) is 10.2 Å². The second-order valence-electron chi connectivity index (χ2n) is 8.18. The van der Waals surface area contributed by atoms with E-state index >= 15 is 0 Å². The summed E-state index contributed by atoms with van der Waals surface area (Å²) in [5.41, 5.74) is 7.30. The third-order valence-corrected chi connectivity index (χ3v) is 6.00. The maximum atomic E-state index is 13.4. The van der Waals surface area contributed by atoms with Crippen LogP contribution >= 0.6 is 0 Å². The average Bonchev–Trinajstić information content (AvgIpc) is 2.86. The molecule has 0 saturated heterocycles. The van der Waals surface area contributed by atoms with E-state index in [0.717, 1.165) is 11.6 Å². The van der Waals surface area contributed by atoms with Crippen molar-refractivity contribution >= 4 is 44.3 Å². The molecule has 0 saturated carbocycles. The Balaban J connectivity index is 1.86. The Morgan fingerprint density at radius 1 is 0.865 bits per heavy atom. The van der Waals surface area contributed by atoms with Gasteiger partial charge in [-0.25, -0.2) is 4.79 Å². The first-order chi connectivity index (χ1) is 17.6. The Hall–Kier alpha value is -4.70. The molecule has 9 nitrogen and oxygen atoms in total. The Morgan fingerprint density at radius 3 is 2.11 bits per heavy atom. The third-order valence-electron chi connectivity index (χ3n) is 5.55. The van der Waals surface area contributed by atoms with Gasteiger partial charge in [-0.2, -0.15) is 8.42 Å². The van der Waals surface area contributed by atoms with Gasteiger partial charge in [0.25, 0.3) is 5.91 Å². The molecule has 4 N–H and O–H groups in total. The molecule has 0 atom stereocenters. The van der Waals surface area contributed by atoms with E-state index in [4.69, 9.17) is 15.9 Å². The molecule has 4 aromatic rings. The van der Waals surface area contributed by atoms with Crippen molar-refractivity contribution in [2.45, 2.75) is 0 Å². The molecular formula is C27H23N3O6S. The van der Waals surface area contributed by atoms with Crippen molar-refractivity contribution in [2.24, 2.45) is 5.73 Å². The SMILES string of the molecule is COc1ccc(-c2cc3ccccc3cc2C(=O)OS(C)(=O)=O)c(C(=O)Nc2ccc(C(=N)N)cc2)c1. The number of carbonyl (C=O) groups excluding carboxylic acids is 2. The fourth-order valence-corrected chi connectivity index (χ4v) is 4.18. The minimum absolute atomic E-state index is 0.0193. The van der Waals surface area contributed by atoms with E-state index in [0.29, 0.717) is 33.5 Å². The van der Waals surface area contributed by atoms with Crippen molar-refractivity contribution in [2.75, 3.05) is 18.7 Å². The maximum Gasteiger partial charge on any atom is 0.354 e. The van der Waals surface area contributed by atoms with Gasteiger partial charge in [0.2, 0.25) is 0 Å². The molecule has 0 aliphatic rings. The normalized spacial score (nSPS) is 11.1. The van der Waals surface area contributed by atoms with E-state index in [1.165, 1.54) is 19.2 Å². The number of methoxy groups -OCH3 is 1. The lowest BCUT2D eigenvalue weighted by Crippen LogP contribution is -2.16. The standard InChI is InChI=1S/C27H23N3O6S/c1-35-20-11-12-21(23(15-20)26(31)30-19-9-7-16(8-10-19)25(28)29)22-13-17-5-3-4-6-18(17)14-24(22)27(32)36-37(2,33)34/h3-15H,1-2H3,(H3,28,29)(H,30,31). The van der Waals surface area contributed by atoms with Crippen LogP contribution in [-0.2, 0) is 14.3 Å². The van der Waals surface area contributed by atoms with Gasteiger partial charge in [-0.15, -0.1) is 0 Å². The van der Waals surface area contributed by atoms with Gasteiger partial charge in [0.1, 0.15) is 11.6 Å². The molecule has 0 aliphatic carbocycles. The lowest BCUT2D eigenvalue weighted by Gasteiger charge is -2.16. The van der Waals surface area contributed by atoms with E-state index < -0.39 is 22.0 Å². The Bertz CT molecular complexity index is 1650. The van der Waals surface area contributed by atoms with E-state index in [-0.39, 0.29) is 17.0 Å². The van der Waals surface area contributed by atoms with Crippen molar-refractivity contribution in [1.82, 2.24) is 0 Å². The highest BCUT2D eigenvalue weighted by Gasteiger charge is 2.23. The number of hydrogen-bond donors (Lipinski definition) is 3. The van der Waals surface area contributed by atoms with Gasteiger partial charge in [-0.1, -0.05) is 24.3 Å². The summed E-state index contributed by atoms with van der Waals surface area (Å²) in [6.45, 7) is 0. The van der Waals surface area contributed by atoms with Crippen LogP contribution in [-0.4, -0.2) is 39.5 Å². The third kappa shape index (κ3) is 5.76. The van der Waals surface area contributed by atoms with Crippen LogP contribution in [0.25, 0.3) is 21.9 Å². The van der Waals surface area contributed by atoms with Crippen molar-refractivity contribution < 1.29 is 26.9 Å². The molecule has 0 bridgehead atoms. The zero-order chi connectivity index (χ0) is 26.7. The summed E-state index contributed by atoms with van der Waals surface area (Å²) in [5, 5.41) is 11.8. The van der Waals surface area contributed by atoms with Crippen LogP contribution in [0.15, 0.2) is 78.9 Å². The summed E-state index contributed by atoms with van der Waals surface area (Å²) in [6, 6.07) is 21.7. The number of anilines is 1. The highest BCUT2D eigenvalue weighted by Crippen LogP contribution is 2.34. The fourth-order valence-electron chi connectivity index (χ4n) is 3.82. The molecule has 188 valence electrons. The molecule has 1 amide bonds. The summed E-state index contributed by atoms with van der Waals surface area (Å²) in [7, 11) is -2.62. The Kier molecular flexibility index (Phi) is 6.94. The van der Waals surface area contributed by atoms with E-state index in [1.807, 2.05) is 12.1 Å². The van der Waals surface area contributed by atoms with Crippen LogP contribution in [0.4, 0.5) is 5.69 Å². The van der Waals surface area contributed by atoms with Crippen LogP contribution in [0.3, 0.4) is 0 Å². The molecule has 0 heterocycles. The zero-order valence-corrected chi connectivity index (χ0v) is 20.8. The predicted octanol–water partition coefficient (Wildman–Crippen LogP) is 4.17. The van der Waals surface area contributed by atoms with Gasteiger partial charge in [0.05, 0.1) is 24.5 Å². The number of fused-ring (bicyclic) bond motifs is 1. The van der Waals surface area contributed by atoms with Crippen LogP contribution < -0.4 is 15.8 Å². The molecule has 0 aliphatic heterocycles. The molecule has 4 aromatic carbocycles. The maximum absolute atomic E-state index is 13.4. The summed E-state index contributed by atoms with van der Waals surface area (Å²) in [5.74, 6) is -1.26. The van der Waals surface area contributed by atoms with Crippen molar-refractivity contribution in [1.29, 1.82) is 5.41 Å². The number of nitrogens with one attached hydrogen (secondary N) is 2. The van der Waals surface area contributed by atoms with Gasteiger partial charge in [-0.05, 0) is 76.5 Å². The van der Waals surface area contributed by atoms with E-state index in [1.54, 1.807) is 54.6 Å². The lowest BCUT2D eigenvalue weighted by atomic mass is 9.92. The van der Waals surface area contributed by atoms with E-state index in [9.17, 15) is 18.0 Å². The summed E-state index contributed by atoms with van der Waals surface area (Å²) in [4.78, 5) is 26.3. The Morgan fingerprint density at radius 2 is 1.51 bits per heavy atom. The average molecular weight is 518 g/mol. The van der Waals surface area contributed by atoms with E-state index in [2.05, 4.69) is 9.50 Å². The van der Waals surface area contributed by atoms with Crippen molar-refractivity contribution in [3.63, 3.8) is 0 Å². The molecule has 37 heavy (non-hydrogen) atoms. The number of hydrogen-bond acceptors (Lipinski definition) is 7. The number of benzene rings is 4. The monoisotopic (exact) mass is 517 g/mol. The number of amides is 1. The number of nitrogen functional groups attached to an aromatic ring is 1. The molecule has 0 radical (unpaired) electrons. The number of nitrogens with two attached hydrogens (primary N) is 1. The minimum Gasteiger partial charge on any atom is -0.497 e.